The first-order chi connectivity index (χ1) is 14.0. The largest absolute Gasteiger partial charge is 0.494 e. The Labute approximate surface area is 178 Å². The molecule has 0 saturated carbocycles. The predicted octanol–water partition coefficient (Wildman–Crippen LogP) is 4.44. The second kappa shape index (κ2) is 12.1. The zero-order valence-corrected chi connectivity index (χ0v) is 17.8. The van der Waals surface area contributed by atoms with Crippen molar-refractivity contribution in [3.63, 3.8) is 0 Å². The monoisotopic (exact) mass is 416 g/mol. The number of carbonyl (C=O) groups excluding carboxylic acids is 2. The summed E-state index contributed by atoms with van der Waals surface area (Å²) in [7, 11) is 0. The Morgan fingerprint density at radius 3 is 2.48 bits per heavy atom. The number of para-hydroxylation sites is 1. The van der Waals surface area contributed by atoms with E-state index in [0.29, 0.717) is 37.6 Å². The van der Waals surface area contributed by atoms with Crippen LogP contribution in [0.1, 0.15) is 38.7 Å². The number of nitrogens with zero attached hydrogens (tertiary/aromatic N) is 1. The van der Waals surface area contributed by atoms with Crippen LogP contribution in [-0.2, 0) is 16.1 Å². The number of halogens is 1. The highest BCUT2D eigenvalue weighted by atomic mass is 35.5. The van der Waals surface area contributed by atoms with Crippen LogP contribution < -0.4 is 10.1 Å². The fraction of sp³-hybridized carbons (Fsp3) is 0.391. The van der Waals surface area contributed by atoms with Gasteiger partial charge in [0.05, 0.1) is 6.61 Å². The lowest BCUT2D eigenvalue weighted by molar-refractivity contribution is -0.140. The lowest BCUT2D eigenvalue weighted by Gasteiger charge is -2.29. The summed E-state index contributed by atoms with van der Waals surface area (Å²) in [5.74, 6) is 0.522. The molecule has 0 fully saturated rings. The van der Waals surface area contributed by atoms with E-state index in [1.807, 2.05) is 55.5 Å². The molecule has 0 aliphatic carbocycles. The van der Waals surface area contributed by atoms with Crippen LogP contribution in [0.2, 0.25) is 5.02 Å². The second-order valence-corrected chi connectivity index (χ2v) is 7.25. The van der Waals surface area contributed by atoms with Gasteiger partial charge in [0.2, 0.25) is 11.8 Å². The minimum absolute atomic E-state index is 0.0965. The van der Waals surface area contributed by atoms with E-state index >= 15 is 0 Å². The number of ether oxygens (including phenoxy) is 1. The third-order valence-electron chi connectivity index (χ3n) is 4.56. The Morgan fingerprint density at radius 2 is 1.79 bits per heavy atom. The summed E-state index contributed by atoms with van der Waals surface area (Å²) in [5.41, 5.74) is 0.818. The number of nitrogens with one attached hydrogen (secondary N) is 1. The highest BCUT2D eigenvalue weighted by molar-refractivity contribution is 6.31. The summed E-state index contributed by atoms with van der Waals surface area (Å²) < 4.78 is 5.66. The Hall–Kier alpha value is -2.53. The SMILES string of the molecule is CCCNC(=O)C(C)N(Cc1ccccc1Cl)C(=O)CCCOc1ccccc1. The molecular formula is C23H29ClN2O3. The maximum absolute atomic E-state index is 12.9. The van der Waals surface area contributed by atoms with Crippen LogP contribution in [0.3, 0.4) is 0 Å². The number of benzene rings is 2. The van der Waals surface area contributed by atoms with E-state index in [0.717, 1.165) is 17.7 Å². The van der Waals surface area contributed by atoms with Crippen molar-refractivity contribution < 1.29 is 14.3 Å². The van der Waals surface area contributed by atoms with Crippen molar-refractivity contribution in [2.24, 2.45) is 0 Å². The molecule has 2 aromatic carbocycles. The van der Waals surface area contributed by atoms with E-state index in [1.165, 1.54) is 0 Å². The van der Waals surface area contributed by atoms with Gasteiger partial charge in [0.25, 0.3) is 0 Å². The van der Waals surface area contributed by atoms with Gasteiger partial charge in [-0.05, 0) is 43.5 Å². The molecule has 29 heavy (non-hydrogen) atoms. The first-order valence-corrected chi connectivity index (χ1v) is 10.4. The minimum Gasteiger partial charge on any atom is -0.494 e. The average molecular weight is 417 g/mol. The van der Waals surface area contributed by atoms with E-state index in [2.05, 4.69) is 5.32 Å². The summed E-state index contributed by atoms with van der Waals surface area (Å²) in [5, 5.41) is 3.45. The molecule has 0 bridgehead atoms. The number of hydrogen-bond donors (Lipinski definition) is 1. The third kappa shape index (κ3) is 7.42. The molecule has 6 heteroatoms. The normalized spacial score (nSPS) is 11.6. The molecule has 5 nitrogen and oxygen atoms in total. The van der Waals surface area contributed by atoms with Crippen molar-refractivity contribution in [2.45, 2.75) is 45.7 Å². The van der Waals surface area contributed by atoms with E-state index in [1.54, 1.807) is 17.9 Å². The van der Waals surface area contributed by atoms with Gasteiger partial charge in [0.15, 0.2) is 0 Å². The van der Waals surface area contributed by atoms with Crippen LogP contribution >= 0.6 is 11.6 Å². The molecule has 1 unspecified atom stereocenters. The van der Waals surface area contributed by atoms with Gasteiger partial charge in [-0.15, -0.1) is 0 Å². The molecule has 0 aliphatic heterocycles. The van der Waals surface area contributed by atoms with Crippen LogP contribution in [0.25, 0.3) is 0 Å². The highest BCUT2D eigenvalue weighted by Gasteiger charge is 2.26. The number of amides is 2. The molecule has 2 rings (SSSR count). The fourth-order valence-electron chi connectivity index (χ4n) is 2.86. The minimum atomic E-state index is -0.583. The lowest BCUT2D eigenvalue weighted by atomic mass is 10.1. The van der Waals surface area contributed by atoms with E-state index < -0.39 is 6.04 Å². The summed E-state index contributed by atoms with van der Waals surface area (Å²) in [6.45, 7) is 5.05. The maximum Gasteiger partial charge on any atom is 0.242 e. The molecule has 1 atom stereocenters. The zero-order chi connectivity index (χ0) is 21.1. The molecule has 0 heterocycles. The van der Waals surface area contributed by atoms with E-state index in [4.69, 9.17) is 16.3 Å². The average Bonchev–Trinajstić information content (AvgIpc) is 2.74. The first-order valence-electron chi connectivity index (χ1n) is 10.0. The van der Waals surface area contributed by atoms with Crippen molar-refractivity contribution in [3.05, 3.63) is 65.2 Å². The van der Waals surface area contributed by atoms with Crippen molar-refractivity contribution >= 4 is 23.4 Å². The van der Waals surface area contributed by atoms with Gasteiger partial charge in [-0.2, -0.15) is 0 Å². The van der Waals surface area contributed by atoms with E-state index in [9.17, 15) is 9.59 Å². The molecule has 156 valence electrons. The maximum atomic E-state index is 12.9. The lowest BCUT2D eigenvalue weighted by Crippen LogP contribution is -2.47. The summed E-state index contributed by atoms with van der Waals surface area (Å²) >= 11 is 6.28. The number of carbonyl (C=O) groups is 2. The van der Waals surface area contributed by atoms with Crippen molar-refractivity contribution in [3.8, 4) is 5.75 Å². The van der Waals surface area contributed by atoms with Crippen molar-refractivity contribution in [2.75, 3.05) is 13.2 Å². The van der Waals surface area contributed by atoms with Crippen LogP contribution in [0.4, 0.5) is 0 Å². The quantitative estimate of drug-likeness (QED) is 0.551. The predicted molar refractivity (Wildman–Crippen MR) is 116 cm³/mol. The van der Waals surface area contributed by atoms with Gasteiger partial charge in [-0.1, -0.05) is 54.9 Å². The molecular weight excluding hydrogens is 388 g/mol. The highest BCUT2D eigenvalue weighted by Crippen LogP contribution is 2.19. The molecule has 0 spiro atoms. The molecule has 0 aromatic heterocycles. The van der Waals surface area contributed by atoms with Crippen molar-refractivity contribution in [1.29, 1.82) is 0 Å². The van der Waals surface area contributed by atoms with Gasteiger partial charge in [0.1, 0.15) is 11.8 Å². The Morgan fingerprint density at radius 1 is 1.10 bits per heavy atom. The number of rotatable bonds is 11. The van der Waals surface area contributed by atoms with Crippen LogP contribution in [0.15, 0.2) is 54.6 Å². The Bertz CT molecular complexity index is 783. The van der Waals surface area contributed by atoms with Gasteiger partial charge >= 0.3 is 0 Å². The molecule has 1 N–H and O–H groups in total. The standard InChI is InChI=1S/C23H29ClN2O3/c1-3-15-25-23(28)18(2)26(17-19-10-7-8-13-21(19)24)22(27)14-9-16-29-20-11-5-4-6-12-20/h4-8,10-13,18H,3,9,14-17H2,1-2H3,(H,25,28). The fourth-order valence-corrected chi connectivity index (χ4v) is 3.06. The Kier molecular flexibility index (Phi) is 9.51. The van der Waals surface area contributed by atoms with Crippen LogP contribution in [0.5, 0.6) is 5.75 Å². The van der Waals surface area contributed by atoms with Gasteiger partial charge in [0, 0.05) is 24.5 Å². The molecule has 2 amide bonds. The van der Waals surface area contributed by atoms with E-state index in [-0.39, 0.29) is 11.8 Å². The van der Waals surface area contributed by atoms with Gasteiger partial charge in [-0.3, -0.25) is 9.59 Å². The van der Waals surface area contributed by atoms with Crippen LogP contribution in [0, 0.1) is 0 Å². The van der Waals surface area contributed by atoms with Crippen molar-refractivity contribution in [1.82, 2.24) is 10.2 Å². The smallest absolute Gasteiger partial charge is 0.242 e. The third-order valence-corrected chi connectivity index (χ3v) is 4.93. The van der Waals surface area contributed by atoms with Crippen LogP contribution in [-0.4, -0.2) is 35.9 Å². The molecule has 0 aliphatic rings. The summed E-state index contributed by atoms with van der Waals surface area (Å²) in [6, 6.07) is 16.3. The number of hydrogen-bond acceptors (Lipinski definition) is 3. The first kappa shape index (κ1) is 22.8. The second-order valence-electron chi connectivity index (χ2n) is 6.85. The Balaban J connectivity index is 1.99. The zero-order valence-electron chi connectivity index (χ0n) is 17.1. The molecule has 0 saturated heterocycles. The van der Waals surface area contributed by atoms with Gasteiger partial charge in [-0.25, -0.2) is 0 Å². The molecule has 2 aromatic rings. The molecule has 0 radical (unpaired) electrons. The van der Waals surface area contributed by atoms with Gasteiger partial charge < -0.3 is 15.0 Å². The topological polar surface area (TPSA) is 58.6 Å². The summed E-state index contributed by atoms with van der Waals surface area (Å²) in [6.07, 6.45) is 1.70. The summed E-state index contributed by atoms with van der Waals surface area (Å²) in [4.78, 5) is 27.0.